The lowest BCUT2D eigenvalue weighted by atomic mass is 10.1. The fraction of sp³-hybridized carbons (Fsp3) is 0.500. The van der Waals surface area contributed by atoms with Crippen molar-refractivity contribution in [1.29, 1.82) is 0 Å². The third-order valence-electron chi connectivity index (χ3n) is 3.32. The summed E-state index contributed by atoms with van der Waals surface area (Å²) in [7, 11) is 0. The number of hydroxylamine groups is 1. The van der Waals surface area contributed by atoms with Crippen LogP contribution in [0.5, 0.6) is 0 Å². The van der Waals surface area contributed by atoms with Gasteiger partial charge in [-0.3, -0.25) is 9.63 Å². The molecule has 0 unspecified atom stereocenters. The normalized spacial score (nSPS) is 15.8. The molecule has 0 aliphatic heterocycles. The fourth-order valence-electron chi connectivity index (χ4n) is 2.22. The van der Waals surface area contributed by atoms with Crippen LogP contribution in [0.25, 0.3) is 0 Å². The van der Waals surface area contributed by atoms with E-state index >= 15 is 0 Å². The van der Waals surface area contributed by atoms with Crippen molar-refractivity contribution in [2.75, 3.05) is 5.73 Å². The van der Waals surface area contributed by atoms with E-state index < -0.39 is 0 Å². The number of aryl methyl sites for hydroxylation is 1. The van der Waals surface area contributed by atoms with Gasteiger partial charge in [-0.2, -0.15) is 0 Å². The summed E-state index contributed by atoms with van der Waals surface area (Å²) in [5.74, 6) is -0.0786. The van der Waals surface area contributed by atoms with E-state index in [9.17, 15) is 4.79 Å². The number of anilines is 1. The third kappa shape index (κ3) is 3.74. The summed E-state index contributed by atoms with van der Waals surface area (Å²) in [5, 5.41) is 0. The number of carbonyl (C=O) groups is 1. The Morgan fingerprint density at radius 3 is 2.78 bits per heavy atom. The first-order valence-corrected chi connectivity index (χ1v) is 6.53. The predicted molar refractivity (Wildman–Crippen MR) is 70.7 cm³/mol. The van der Waals surface area contributed by atoms with Gasteiger partial charge >= 0.3 is 0 Å². The molecule has 18 heavy (non-hydrogen) atoms. The molecule has 4 nitrogen and oxygen atoms in total. The minimum absolute atomic E-state index is 0.0786. The number of nitrogen functional groups attached to an aromatic ring is 1. The maximum atomic E-state index is 11.6. The molecule has 0 aromatic heterocycles. The highest BCUT2D eigenvalue weighted by molar-refractivity contribution is 5.75. The Kier molecular flexibility index (Phi) is 4.59. The fourth-order valence-corrected chi connectivity index (χ4v) is 2.22. The number of hydrogen-bond acceptors (Lipinski definition) is 3. The molecule has 0 heterocycles. The smallest absolute Gasteiger partial charge is 0.243 e. The molecule has 0 atom stereocenters. The van der Waals surface area contributed by atoms with Crippen LogP contribution in [0.1, 0.15) is 37.7 Å². The molecule has 1 aliphatic carbocycles. The zero-order valence-electron chi connectivity index (χ0n) is 10.5. The Labute approximate surface area is 107 Å². The molecule has 1 aliphatic rings. The van der Waals surface area contributed by atoms with E-state index in [0.29, 0.717) is 12.8 Å². The monoisotopic (exact) mass is 248 g/mol. The van der Waals surface area contributed by atoms with Crippen LogP contribution in [-0.2, 0) is 16.1 Å². The van der Waals surface area contributed by atoms with Gasteiger partial charge in [-0.25, -0.2) is 5.48 Å². The Bertz CT molecular complexity index is 401. The first-order chi connectivity index (χ1) is 8.75. The second kappa shape index (κ2) is 6.40. The highest BCUT2D eigenvalue weighted by atomic mass is 16.7. The lowest BCUT2D eigenvalue weighted by molar-refractivity contribution is -0.138. The topological polar surface area (TPSA) is 64.4 Å². The van der Waals surface area contributed by atoms with Gasteiger partial charge in [-0.15, -0.1) is 0 Å². The van der Waals surface area contributed by atoms with E-state index in [4.69, 9.17) is 10.6 Å². The number of benzene rings is 1. The summed E-state index contributed by atoms with van der Waals surface area (Å²) in [5.41, 5.74) is 10.1. The van der Waals surface area contributed by atoms with Crippen molar-refractivity contribution < 1.29 is 9.63 Å². The summed E-state index contributed by atoms with van der Waals surface area (Å²) in [4.78, 5) is 17.0. The van der Waals surface area contributed by atoms with Crippen LogP contribution in [0.15, 0.2) is 24.3 Å². The van der Waals surface area contributed by atoms with E-state index in [-0.39, 0.29) is 12.0 Å². The minimum atomic E-state index is -0.0786. The summed E-state index contributed by atoms with van der Waals surface area (Å²) >= 11 is 0. The molecular weight excluding hydrogens is 228 g/mol. The molecule has 1 amide bonds. The molecule has 0 bridgehead atoms. The zero-order valence-corrected chi connectivity index (χ0v) is 10.5. The van der Waals surface area contributed by atoms with E-state index in [2.05, 4.69) is 5.48 Å². The molecule has 1 fully saturated rings. The molecule has 0 saturated heterocycles. The molecular formula is C14H20N2O2. The Morgan fingerprint density at radius 1 is 1.33 bits per heavy atom. The number of hydrogen-bond donors (Lipinski definition) is 2. The number of nitrogens with two attached hydrogens (primary N) is 1. The van der Waals surface area contributed by atoms with Gasteiger partial charge in [0.05, 0.1) is 6.10 Å². The molecule has 98 valence electrons. The van der Waals surface area contributed by atoms with Gasteiger partial charge in [-0.05, 0) is 30.9 Å². The van der Waals surface area contributed by atoms with Crippen LogP contribution in [0, 0.1) is 0 Å². The average Bonchev–Trinajstić information content (AvgIpc) is 2.88. The molecule has 1 aromatic rings. The van der Waals surface area contributed by atoms with Crippen molar-refractivity contribution in [3.8, 4) is 0 Å². The predicted octanol–water partition coefficient (Wildman–Crippen LogP) is 2.19. The Balaban J connectivity index is 1.69. The number of nitrogens with one attached hydrogen (secondary N) is 1. The highest BCUT2D eigenvalue weighted by Crippen LogP contribution is 2.20. The van der Waals surface area contributed by atoms with Crippen molar-refractivity contribution in [3.63, 3.8) is 0 Å². The van der Waals surface area contributed by atoms with Crippen LogP contribution in [0.2, 0.25) is 0 Å². The highest BCUT2D eigenvalue weighted by Gasteiger charge is 2.16. The molecule has 0 spiro atoms. The van der Waals surface area contributed by atoms with Crippen LogP contribution in [0.4, 0.5) is 5.69 Å². The van der Waals surface area contributed by atoms with Crippen molar-refractivity contribution in [2.45, 2.75) is 44.6 Å². The van der Waals surface area contributed by atoms with E-state index in [0.717, 1.165) is 24.1 Å². The van der Waals surface area contributed by atoms with Crippen LogP contribution in [-0.4, -0.2) is 12.0 Å². The molecule has 0 radical (unpaired) electrons. The lowest BCUT2D eigenvalue weighted by Gasteiger charge is -2.11. The Hall–Kier alpha value is -1.55. The van der Waals surface area contributed by atoms with Gasteiger partial charge in [0.1, 0.15) is 0 Å². The molecule has 1 aromatic carbocycles. The first-order valence-electron chi connectivity index (χ1n) is 6.53. The zero-order chi connectivity index (χ0) is 12.8. The number of amides is 1. The van der Waals surface area contributed by atoms with E-state index in [1.165, 1.54) is 12.8 Å². The van der Waals surface area contributed by atoms with E-state index in [1.807, 2.05) is 24.3 Å². The number of para-hydroxylation sites is 1. The Morgan fingerprint density at radius 2 is 2.06 bits per heavy atom. The molecule has 1 saturated carbocycles. The summed E-state index contributed by atoms with van der Waals surface area (Å²) in [6.07, 6.45) is 5.74. The van der Waals surface area contributed by atoms with Crippen molar-refractivity contribution in [3.05, 3.63) is 29.8 Å². The second-order valence-electron chi connectivity index (χ2n) is 4.75. The second-order valence-corrected chi connectivity index (χ2v) is 4.75. The van der Waals surface area contributed by atoms with E-state index in [1.54, 1.807) is 0 Å². The molecule has 4 heteroatoms. The SMILES string of the molecule is Nc1ccccc1CCC(=O)NOC1CCCC1. The van der Waals surface area contributed by atoms with Crippen LogP contribution < -0.4 is 11.2 Å². The van der Waals surface area contributed by atoms with Gasteiger partial charge in [0.15, 0.2) is 0 Å². The van der Waals surface area contributed by atoms with Gasteiger partial charge < -0.3 is 5.73 Å². The van der Waals surface area contributed by atoms with Crippen molar-refractivity contribution >= 4 is 11.6 Å². The first kappa shape index (κ1) is 12.9. The maximum Gasteiger partial charge on any atom is 0.243 e. The lowest BCUT2D eigenvalue weighted by Crippen LogP contribution is -2.28. The van der Waals surface area contributed by atoms with Gasteiger partial charge in [-0.1, -0.05) is 31.0 Å². The maximum absolute atomic E-state index is 11.6. The van der Waals surface area contributed by atoms with Crippen LogP contribution in [0.3, 0.4) is 0 Å². The number of rotatable bonds is 5. The summed E-state index contributed by atoms with van der Waals surface area (Å²) in [6.45, 7) is 0. The third-order valence-corrected chi connectivity index (χ3v) is 3.32. The van der Waals surface area contributed by atoms with Gasteiger partial charge in [0, 0.05) is 12.1 Å². The summed E-state index contributed by atoms with van der Waals surface area (Å²) < 4.78 is 0. The molecule has 3 N–H and O–H groups in total. The number of carbonyl (C=O) groups excluding carboxylic acids is 1. The van der Waals surface area contributed by atoms with Gasteiger partial charge in [0.2, 0.25) is 5.91 Å². The van der Waals surface area contributed by atoms with Crippen molar-refractivity contribution in [1.82, 2.24) is 5.48 Å². The average molecular weight is 248 g/mol. The largest absolute Gasteiger partial charge is 0.399 e. The van der Waals surface area contributed by atoms with Gasteiger partial charge in [0.25, 0.3) is 0 Å². The molecule has 2 rings (SSSR count). The van der Waals surface area contributed by atoms with Crippen LogP contribution >= 0.6 is 0 Å². The minimum Gasteiger partial charge on any atom is -0.399 e. The standard InChI is InChI=1S/C14H20N2O2/c15-13-8-4-1-5-11(13)9-10-14(17)16-18-12-6-2-3-7-12/h1,4-5,8,12H,2-3,6-7,9-10,15H2,(H,16,17). The summed E-state index contributed by atoms with van der Waals surface area (Å²) in [6, 6.07) is 7.61. The van der Waals surface area contributed by atoms with Crippen molar-refractivity contribution in [2.24, 2.45) is 0 Å². The quantitative estimate of drug-likeness (QED) is 0.620.